The van der Waals surface area contributed by atoms with Crippen molar-refractivity contribution in [2.75, 3.05) is 31.1 Å². The summed E-state index contributed by atoms with van der Waals surface area (Å²) in [5.41, 5.74) is 4.26. The average Bonchev–Trinajstić information content (AvgIpc) is 2.58. The van der Waals surface area contributed by atoms with Crippen molar-refractivity contribution in [1.29, 1.82) is 0 Å². The minimum Gasteiger partial charge on any atom is -0.369 e. The van der Waals surface area contributed by atoms with E-state index in [2.05, 4.69) is 26.9 Å². The maximum absolute atomic E-state index is 10.7. The fourth-order valence-corrected chi connectivity index (χ4v) is 2.78. The fraction of sp³-hybridized carbons (Fsp3) is 0.333. The number of hydrogen-bond donors (Lipinski definition) is 0. The van der Waals surface area contributed by atoms with E-state index in [1.165, 1.54) is 11.3 Å². The van der Waals surface area contributed by atoms with Gasteiger partial charge in [0.15, 0.2) is 0 Å². The lowest BCUT2D eigenvalue weighted by Gasteiger charge is -2.36. The molecule has 0 saturated carbocycles. The molecular formula is C18H21N3O. The van der Waals surface area contributed by atoms with Crippen LogP contribution in [-0.2, 0) is 6.54 Å². The minimum absolute atomic E-state index is 0.731. The molecule has 0 aliphatic carbocycles. The number of aromatic nitrogens is 1. The van der Waals surface area contributed by atoms with Gasteiger partial charge in [0.05, 0.1) is 0 Å². The van der Waals surface area contributed by atoms with E-state index in [0.29, 0.717) is 0 Å². The zero-order valence-corrected chi connectivity index (χ0v) is 12.9. The van der Waals surface area contributed by atoms with Crippen molar-refractivity contribution in [2.24, 2.45) is 0 Å². The molecule has 1 aromatic carbocycles. The van der Waals surface area contributed by atoms with Crippen LogP contribution in [0.2, 0.25) is 0 Å². The number of rotatable bonds is 4. The van der Waals surface area contributed by atoms with E-state index in [1.807, 2.05) is 37.4 Å². The maximum Gasteiger partial charge on any atom is 0.150 e. The normalized spacial score (nSPS) is 15.8. The fourth-order valence-electron chi connectivity index (χ4n) is 2.78. The minimum atomic E-state index is 0.731. The molecule has 2 heterocycles. The Morgan fingerprint density at radius 2 is 1.77 bits per heavy atom. The molecule has 1 aromatic heterocycles. The Morgan fingerprint density at radius 3 is 2.36 bits per heavy atom. The molecular weight excluding hydrogens is 274 g/mol. The number of carbonyl (C=O) groups is 1. The average molecular weight is 295 g/mol. The van der Waals surface area contributed by atoms with E-state index in [4.69, 9.17) is 0 Å². The number of carbonyl (C=O) groups excluding carboxylic acids is 1. The largest absolute Gasteiger partial charge is 0.369 e. The number of nitrogens with zero attached hydrogens (tertiary/aromatic N) is 3. The van der Waals surface area contributed by atoms with Crippen LogP contribution in [0.25, 0.3) is 0 Å². The predicted octanol–water partition coefficient (Wildman–Crippen LogP) is 2.52. The van der Waals surface area contributed by atoms with E-state index in [1.54, 1.807) is 0 Å². The molecule has 0 unspecified atom stereocenters. The summed E-state index contributed by atoms with van der Waals surface area (Å²) in [7, 11) is 0. The Balaban J connectivity index is 1.55. The third kappa shape index (κ3) is 3.52. The summed E-state index contributed by atoms with van der Waals surface area (Å²) in [5, 5.41) is 0. The Labute approximate surface area is 131 Å². The van der Waals surface area contributed by atoms with Crippen LogP contribution in [0.1, 0.15) is 21.6 Å². The second-order valence-electron chi connectivity index (χ2n) is 5.78. The molecule has 1 fully saturated rings. The van der Waals surface area contributed by atoms with Crippen molar-refractivity contribution < 1.29 is 4.79 Å². The van der Waals surface area contributed by atoms with Gasteiger partial charge in [-0.3, -0.25) is 14.7 Å². The quantitative estimate of drug-likeness (QED) is 0.812. The van der Waals surface area contributed by atoms with Crippen LogP contribution in [0.4, 0.5) is 5.69 Å². The third-order valence-electron chi connectivity index (χ3n) is 4.15. The van der Waals surface area contributed by atoms with Gasteiger partial charge >= 0.3 is 0 Å². The van der Waals surface area contributed by atoms with Gasteiger partial charge in [-0.15, -0.1) is 0 Å². The van der Waals surface area contributed by atoms with E-state index in [-0.39, 0.29) is 0 Å². The van der Waals surface area contributed by atoms with Gasteiger partial charge in [-0.25, -0.2) is 0 Å². The second kappa shape index (κ2) is 6.71. The van der Waals surface area contributed by atoms with Crippen molar-refractivity contribution in [3.8, 4) is 0 Å². The molecule has 0 atom stereocenters. The highest BCUT2D eigenvalue weighted by Gasteiger charge is 2.17. The summed E-state index contributed by atoms with van der Waals surface area (Å²) in [5.74, 6) is 0. The van der Waals surface area contributed by atoms with Crippen molar-refractivity contribution in [3.05, 3.63) is 59.4 Å². The molecule has 1 aliphatic heterocycles. The van der Waals surface area contributed by atoms with Crippen LogP contribution in [0, 0.1) is 6.92 Å². The molecule has 3 rings (SSSR count). The van der Waals surface area contributed by atoms with Crippen LogP contribution >= 0.6 is 0 Å². The highest BCUT2D eigenvalue weighted by atomic mass is 16.1. The molecule has 1 aliphatic rings. The molecule has 114 valence electrons. The maximum atomic E-state index is 10.7. The lowest BCUT2D eigenvalue weighted by molar-refractivity contribution is 0.112. The summed E-state index contributed by atoms with van der Waals surface area (Å²) in [4.78, 5) is 19.9. The zero-order valence-electron chi connectivity index (χ0n) is 12.9. The summed E-state index contributed by atoms with van der Waals surface area (Å²) in [6.45, 7) is 7.09. The Morgan fingerprint density at radius 1 is 1.05 bits per heavy atom. The second-order valence-corrected chi connectivity index (χ2v) is 5.78. The Bertz CT molecular complexity index is 614. The Kier molecular flexibility index (Phi) is 4.49. The first kappa shape index (κ1) is 14.7. The van der Waals surface area contributed by atoms with Crippen molar-refractivity contribution in [3.63, 3.8) is 0 Å². The van der Waals surface area contributed by atoms with Crippen LogP contribution in [0.3, 0.4) is 0 Å². The van der Waals surface area contributed by atoms with Gasteiger partial charge in [0.25, 0.3) is 0 Å². The van der Waals surface area contributed by atoms with Crippen LogP contribution in [-0.4, -0.2) is 42.3 Å². The molecule has 1 saturated heterocycles. The first-order valence-electron chi connectivity index (χ1n) is 7.69. The van der Waals surface area contributed by atoms with E-state index in [0.717, 1.165) is 50.3 Å². The molecule has 22 heavy (non-hydrogen) atoms. The molecule has 0 spiro atoms. The van der Waals surface area contributed by atoms with Crippen LogP contribution in [0.15, 0.2) is 42.6 Å². The molecule has 2 aromatic rings. The smallest absolute Gasteiger partial charge is 0.150 e. The van der Waals surface area contributed by atoms with E-state index >= 15 is 0 Å². The summed E-state index contributed by atoms with van der Waals surface area (Å²) in [6, 6.07) is 12.1. The van der Waals surface area contributed by atoms with Crippen LogP contribution < -0.4 is 4.90 Å². The number of aldehydes is 1. The summed E-state index contributed by atoms with van der Waals surface area (Å²) < 4.78 is 0. The van der Waals surface area contributed by atoms with Gasteiger partial charge < -0.3 is 4.90 Å². The molecule has 0 amide bonds. The number of hydrogen-bond acceptors (Lipinski definition) is 4. The highest BCUT2D eigenvalue weighted by molar-refractivity contribution is 5.75. The van der Waals surface area contributed by atoms with Crippen molar-refractivity contribution in [2.45, 2.75) is 13.5 Å². The molecule has 0 bridgehead atoms. The standard InChI is InChI=1S/C18H21N3O/c1-15-2-3-17(12-19-15)13-20-8-10-21(11-9-20)18-6-4-16(14-22)5-7-18/h2-7,12,14H,8-11,13H2,1H3. The molecule has 4 nitrogen and oxygen atoms in total. The number of benzene rings is 1. The van der Waals surface area contributed by atoms with Gasteiger partial charge in [-0.05, 0) is 42.8 Å². The van der Waals surface area contributed by atoms with E-state index < -0.39 is 0 Å². The predicted molar refractivity (Wildman–Crippen MR) is 88.3 cm³/mol. The summed E-state index contributed by atoms with van der Waals surface area (Å²) in [6.07, 6.45) is 2.86. The third-order valence-corrected chi connectivity index (χ3v) is 4.15. The molecule has 4 heteroatoms. The van der Waals surface area contributed by atoms with Gasteiger partial charge in [0.2, 0.25) is 0 Å². The number of anilines is 1. The zero-order chi connectivity index (χ0) is 15.4. The molecule has 0 radical (unpaired) electrons. The van der Waals surface area contributed by atoms with Crippen molar-refractivity contribution >= 4 is 12.0 Å². The van der Waals surface area contributed by atoms with E-state index in [9.17, 15) is 4.79 Å². The van der Waals surface area contributed by atoms with Gasteiger partial charge in [-0.1, -0.05) is 6.07 Å². The van der Waals surface area contributed by atoms with Gasteiger partial charge in [-0.2, -0.15) is 0 Å². The topological polar surface area (TPSA) is 36.4 Å². The SMILES string of the molecule is Cc1ccc(CN2CCN(c3ccc(C=O)cc3)CC2)cn1. The summed E-state index contributed by atoms with van der Waals surface area (Å²) >= 11 is 0. The highest BCUT2D eigenvalue weighted by Crippen LogP contribution is 2.17. The first-order chi connectivity index (χ1) is 10.7. The number of pyridine rings is 1. The lowest BCUT2D eigenvalue weighted by atomic mass is 10.2. The van der Waals surface area contributed by atoms with Gasteiger partial charge in [0, 0.05) is 55.9 Å². The lowest BCUT2D eigenvalue weighted by Crippen LogP contribution is -2.45. The number of aryl methyl sites for hydroxylation is 1. The van der Waals surface area contributed by atoms with Crippen LogP contribution in [0.5, 0.6) is 0 Å². The number of piperazine rings is 1. The Hall–Kier alpha value is -2.20. The molecule has 0 N–H and O–H groups in total. The van der Waals surface area contributed by atoms with Crippen molar-refractivity contribution in [1.82, 2.24) is 9.88 Å². The monoisotopic (exact) mass is 295 g/mol. The van der Waals surface area contributed by atoms with Gasteiger partial charge in [0.1, 0.15) is 6.29 Å². The first-order valence-corrected chi connectivity index (χ1v) is 7.69.